The highest BCUT2D eigenvalue weighted by molar-refractivity contribution is 6.03. The number of hydrogen-bond acceptors (Lipinski definition) is 5. The largest absolute Gasteiger partial charge is 0.497 e. The van der Waals surface area contributed by atoms with Crippen molar-refractivity contribution in [2.24, 2.45) is 0 Å². The van der Waals surface area contributed by atoms with Gasteiger partial charge in [-0.05, 0) is 36.4 Å². The minimum Gasteiger partial charge on any atom is -0.497 e. The lowest BCUT2D eigenvalue weighted by Crippen LogP contribution is -2.17. The first-order valence-corrected chi connectivity index (χ1v) is 7.78. The number of ether oxygens (including phenoxy) is 2. The van der Waals surface area contributed by atoms with E-state index in [1.54, 1.807) is 49.4 Å². The molecular formula is C19H19NO5. The Kier molecular flexibility index (Phi) is 6.28. The average Bonchev–Trinajstić information content (AvgIpc) is 2.66. The molecule has 1 amide bonds. The number of esters is 1. The fourth-order valence-corrected chi connectivity index (χ4v) is 2.08. The first-order chi connectivity index (χ1) is 12.0. The molecule has 130 valence electrons. The molecule has 0 heterocycles. The number of methoxy groups -OCH3 is 1. The molecule has 0 spiro atoms. The Morgan fingerprint density at radius 3 is 2.32 bits per heavy atom. The zero-order valence-corrected chi connectivity index (χ0v) is 14.1. The molecule has 0 aliphatic heterocycles. The Morgan fingerprint density at radius 1 is 1.00 bits per heavy atom. The molecule has 6 heteroatoms. The summed E-state index contributed by atoms with van der Waals surface area (Å²) >= 11 is 0. The van der Waals surface area contributed by atoms with Gasteiger partial charge in [0.25, 0.3) is 0 Å². The zero-order valence-electron chi connectivity index (χ0n) is 14.1. The normalized spacial score (nSPS) is 10.0. The Hall–Kier alpha value is -3.15. The van der Waals surface area contributed by atoms with Crippen molar-refractivity contribution in [2.75, 3.05) is 19.0 Å². The molecular weight excluding hydrogens is 322 g/mol. The van der Waals surface area contributed by atoms with Crippen molar-refractivity contribution in [2.45, 2.75) is 13.3 Å². The summed E-state index contributed by atoms with van der Waals surface area (Å²) in [6, 6.07) is 13.0. The second-order valence-corrected chi connectivity index (χ2v) is 5.18. The van der Waals surface area contributed by atoms with Crippen LogP contribution in [-0.4, -0.2) is 31.4 Å². The number of benzene rings is 2. The summed E-state index contributed by atoms with van der Waals surface area (Å²) in [7, 11) is 1.54. The van der Waals surface area contributed by atoms with Crippen molar-refractivity contribution in [1.82, 2.24) is 0 Å². The van der Waals surface area contributed by atoms with Gasteiger partial charge in [-0.1, -0.05) is 19.1 Å². The van der Waals surface area contributed by atoms with Crippen LogP contribution in [0.15, 0.2) is 48.5 Å². The van der Waals surface area contributed by atoms with E-state index in [4.69, 9.17) is 9.47 Å². The van der Waals surface area contributed by atoms with Crippen LogP contribution in [0.4, 0.5) is 5.69 Å². The van der Waals surface area contributed by atoms with E-state index in [1.165, 1.54) is 13.2 Å². The molecule has 25 heavy (non-hydrogen) atoms. The molecule has 2 rings (SSSR count). The van der Waals surface area contributed by atoms with Crippen molar-refractivity contribution >= 4 is 23.3 Å². The lowest BCUT2D eigenvalue weighted by molar-refractivity contribution is -0.115. The SMILES string of the molecule is CCC(=O)Nc1ccccc1C(=O)OCC(=O)c1ccc(OC)cc1. The van der Waals surface area contributed by atoms with Crippen molar-refractivity contribution in [1.29, 1.82) is 0 Å². The van der Waals surface area contributed by atoms with Crippen LogP contribution < -0.4 is 10.1 Å². The van der Waals surface area contributed by atoms with E-state index in [1.807, 2.05) is 0 Å². The van der Waals surface area contributed by atoms with Gasteiger partial charge in [0, 0.05) is 12.0 Å². The van der Waals surface area contributed by atoms with Crippen LogP contribution in [-0.2, 0) is 9.53 Å². The highest BCUT2D eigenvalue weighted by Crippen LogP contribution is 2.17. The summed E-state index contributed by atoms with van der Waals surface area (Å²) in [4.78, 5) is 35.9. The first kappa shape index (κ1) is 18.2. The Balaban J connectivity index is 2.02. The lowest BCUT2D eigenvalue weighted by atomic mass is 10.1. The van der Waals surface area contributed by atoms with E-state index in [0.717, 1.165) is 0 Å². The number of para-hydroxylation sites is 1. The predicted molar refractivity (Wildman–Crippen MR) is 93.0 cm³/mol. The van der Waals surface area contributed by atoms with Gasteiger partial charge in [0.1, 0.15) is 5.75 Å². The quantitative estimate of drug-likeness (QED) is 0.618. The summed E-state index contributed by atoms with van der Waals surface area (Å²) in [5, 5.41) is 2.63. The smallest absolute Gasteiger partial charge is 0.340 e. The van der Waals surface area contributed by atoms with E-state index in [9.17, 15) is 14.4 Å². The van der Waals surface area contributed by atoms with Crippen LogP contribution in [0.25, 0.3) is 0 Å². The standard InChI is InChI=1S/C19H19NO5/c1-3-18(22)20-16-7-5-4-6-15(16)19(23)25-12-17(21)13-8-10-14(24-2)11-9-13/h4-11H,3,12H2,1-2H3,(H,20,22). The minimum absolute atomic E-state index is 0.201. The third kappa shape index (κ3) is 4.91. The molecule has 0 atom stereocenters. The van der Waals surface area contributed by atoms with Gasteiger partial charge < -0.3 is 14.8 Å². The molecule has 6 nitrogen and oxygen atoms in total. The van der Waals surface area contributed by atoms with E-state index < -0.39 is 5.97 Å². The molecule has 0 radical (unpaired) electrons. The van der Waals surface area contributed by atoms with Crippen LogP contribution in [0.1, 0.15) is 34.1 Å². The number of nitrogens with one attached hydrogen (secondary N) is 1. The maximum Gasteiger partial charge on any atom is 0.340 e. The van der Waals surface area contributed by atoms with Crippen LogP contribution in [0.3, 0.4) is 0 Å². The summed E-state index contributed by atoms with van der Waals surface area (Å²) in [6.45, 7) is 1.32. The van der Waals surface area contributed by atoms with Gasteiger partial charge in [-0.25, -0.2) is 4.79 Å². The maximum atomic E-state index is 12.2. The Bertz CT molecular complexity index is 768. The van der Waals surface area contributed by atoms with Gasteiger partial charge >= 0.3 is 5.97 Å². The van der Waals surface area contributed by atoms with Crippen molar-refractivity contribution in [3.8, 4) is 5.75 Å². The summed E-state index contributed by atoms with van der Waals surface area (Å²) in [5.41, 5.74) is 0.976. The molecule has 0 aromatic heterocycles. The van der Waals surface area contributed by atoms with Crippen molar-refractivity contribution in [3.05, 3.63) is 59.7 Å². The van der Waals surface area contributed by atoms with Gasteiger partial charge in [0.2, 0.25) is 5.91 Å². The van der Waals surface area contributed by atoms with Gasteiger partial charge in [0.05, 0.1) is 18.4 Å². The summed E-state index contributed by atoms with van der Waals surface area (Å²) < 4.78 is 10.1. The second-order valence-electron chi connectivity index (χ2n) is 5.18. The monoisotopic (exact) mass is 341 g/mol. The number of amides is 1. The van der Waals surface area contributed by atoms with Gasteiger partial charge in [0.15, 0.2) is 12.4 Å². The highest BCUT2D eigenvalue weighted by Gasteiger charge is 2.16. The Labute approximate surface area is 145 Å². The number of Topliss-reactive ketones (excluding diaryl/α,β-unsaturated/α-hetero) is 1. The topological polar surface area (TPSA) is 81.7 Å². The molecule has 0 saturated carbocycles. The minimum atomic E-state index is -0.672. The summed E-state index contributed by atoms with van der Waals surface area (Å²) in [6.07, 6.45) is 0.291. The average molecular weight is 341 g/mol. The molecule has 1 N–H and O–H groups in total. The van der Waals surface area contributed by atoms with Crippen LogP contribution >= 0.6 is 0 Å². The number of rotatable bonds is 7. The molecule has 2 aromatic carbocycles. The molecule has 0 fully saturated rings. The molecule has 0 bridgehead atoms. The van der Waals surface area contributed by atoms with Gasteiger partial charge in [-0.3, -0.25) is 9.59 Å². The van der Waals surface area contributed by atoms with E-state index in [2.05, 4.69) is 5.32 Å². The third-order valence-corrected chi connectivity index (χ3v) is 3.49. The fourth-order valence-electron chi connectivity index (χ4n) is 2.08. The van der Waals surface area contributed by atoms with Crippen LogP contribution in [0.5, 0.6) is 5.75 Å². The molecule has 0 unspecified atom stereocenters. The zero-order chi connectivity index (χ0) is 18.2. The van der Waals surface area contributed by atoms with E-state index in [-0.39, 0.29) is 23.9 Å². The second kappa shape index (κ2) is 8.63. The Morgan fingerprint density at radius 2 is 1.68 bits per heavy atom. The maximum absolute atomic E-state index is 12.2. The number of carbonyl (C=O) groups excluding carboxylic acids is 3. The predicted octanol–water partition coefficient (Wildman–Crippen LogP) is 3.08. The van der Waals surface area contributed by atoms with Crippen LogP contribution in [0, 0.1) is 0 Å². The molecule has 2 aromatic rings. The van der Waals surface area contributed by atoms with Crippen molar-refractivity contribution < 1.29 is 23.9 Å². The number of ketones is 1. The molecule has 0 aliphatic carbocycles. The molecule has 0 aliphatic rings. The summed E-state index contributed by atoms with van der Waals surface area (Å²) in [5.74, 6) is -0.580. The van der Waals surface area contributed by atoms with Crippen LogP contribution in [0.2, 0.25) is 0 Å². The number of hydrogen-bond donors (Lipinski definition) is 1. The third-order valence-electron chi connectivity index (χ3n) is 3.49. The van der Waals surface area contributed by atoms with Gasteiger partial charge in [-0.2, -0.15) is 0 Å². The van der Waals surface area contributed by atoms with E-state index >= 15 is 0 Å². The number of anilines is 1. The first-order valence-electron chi connectivity index (χ1n) is 7.78. The van der Waals surface area contributed by atoms with Crippen molar-refractivity contribution in [3.63, 3.8) is 0 Å². The van der Waals surface area contributed by atoms with E-state index in [0.29, 0.717) is 23.4 Å². The fraction of sp³-hybridized carbons (Fsp3) is 0.211. The van der Waals surface area contributed by atoms with Gasteiger partial charge in [-0.15, -0.1) is 0 Å². The highest BCUT2D eigenvalue weighted by atomic mass is 16.5. The molecule has 0 saturated heterocycles. The lowest BCUT2D eigenvalue weighted by Gasteiger charge is -2.10. The number of carbonyl (C=O) groups is 3.